The predicted molar refractivity (Wildman–Crippen MR) is 109 cm³/mol. The Balaban J connectivity index is 0.00000261. The van der Waals surface area contributed by atoms with Crippen molar-refractivity contribution < 1.29 is 14.3 Å². The number of hydrogen-bond donors (Lipinski definition) is 2. The molecule has 1 aliphatic heterocycles. The third-order valence-electron chi connectivity index (χ3n) is 6.13. The second-order valence-corrected chi connectivity index (χ2v) is 7.60. The van der Waals surface area contributed by atoms with Crippen LogP contribution in [0.1, 0.15) is 44.6 Å². The number of carbonyl (C=O) groups excluding carboxylic acids is 1. The Kier molecular flexibility index (Phi) is 8.39. The Morgan fingerprint density at radius 1 is 1.26 bits per heavy atom. The fourth-order valence-electron chi connectivity index (χ4n) is 4.45. The normalized spacial score (nSPS) is 24.1. The van der Waals surface area contributed by atoms with Crippen LogP contribution in [0.15, 0.2) is 24.3 Å². The fraction of sp³-hybridized carbons (Fsp3) is 0.667. The lowest BCUT2D eigenvalue weighted by molar-refractivity contribution is -0.126. The average molecular weight is 397 g/mol. The third kappa shape index (κ3) is 5.15. The molecule has 1 aliphatic carbocycles. The topological polar surface area (TPSA) is 73.6 Å². The van der Waals surface area contributed by atoms with Crippen molar-refractivity contribution in [3.63, 3.8) is 0 Å². The van der Waals surface area contributed by atoms with Gasteiger partial charge >= 0.3 is 0 Å². The number of nitrogens with two attached hydrogens (primary N) is 1. The van der Waals surface area contributed by atoms with Gasteiger partial charge in [0.2, 0.25) is 5.91 Å². The first-order valence-corrected chi connectivity index (χ1v) is 9.97. The van der Waals surface area contributed by atoms with Gasteiger partial charge in [0, 0.05) is 31.1 Å². The first-order valence-electron chi connectivity index (χ1n) is 9.97. The number of nitrogens with one attached hydrogen (secondary N) is 1. The Morgan fingerprint density at radius 2 is 1.96 bits per heavy atom. The van der Waals surface area contributed by atoms with Crippen LogP contribution in [0.3, 0.4) is 0 Å². The Bertz CT molecular complexity index is 588. The Labute approximate surface area is 168 Å². The number of halogens is 1. The van der Waals surface area contributed by atoms with Crippen LogP contribution in [0.25, 0.3) is 0 Å². The highest BCUT2D eigenvalue weighted by Gasteiger charge is 2.37. The second-order valence-electron chi connectivity index (χ2n) is 7.60. The lowest BCUT2D eigenvalue weighted by Crippen LogP contribution is -2.46. The molecular weight excluding hydrogens is 364 g/mol. The van der Waals surface area contributed by atoms with Crippen LogP contribution in [-0.2, 0) is 14.9 Å². The summed E-state index contributed by atoms with van der Waals surface area (Å²) in [5, 5.41) is 3.26. The first-order chi connectivity index (χ1) is 12.7. The molecule has 0 radical (unpaired) electrons. The van der Waals surface area contributed by atoms with Crippen LogP contribution in [0, 0.1) is 11.8 Å². The highest BCUT2D eigenvalue weighted by Crippen LogP contribution is 2.36. The van der Waals surface area contributed by atoms with Crippen molar-refractivity contribution >= 4 is 18.3 Å². The van der Waals surface area contributed by atoms with Gasteiger partial charge in [-0.2, -0.15) is 0 Å². The second kappa shape index (κ2) is 10.3. The van der Waals surface area contributed by atoms with Gasteiger partial charge in [0.25, 0.3) is 0 Å². The zero-order valence-electron chi connectivity index (χ0n) is 16.2. The summed E-state index contributed by atoms with van der Waals surface area (Å²) in [6.45, 7) is 5.39. The van der Waals surface area contributed by atoms with E-state index in [9.17, 15) is 4.79 Å². The van der Waals surface area contributed by atoms with Gasteiger partial charge in [0.1, 0.15) is 5.75 Å². The standard InChI is InChI=1S/C21H32N2O3.ClH/c1-2-26-18-8-6-17(7-9-18)21(10-12-25-13-11-21)15-23-20(24)19-5-3-4-16(19)14-22;/h6-9,16,19H,2-5,10-15,22H2,1H3,(H,23,24);1H/t16-,19-;/m1./s1. The van der Waals surface area contributed by atoms with Crippen molar-refractivity contribution in [1.29, 1.82) is 0 Å². The Morgan fingerprint density at radius 3 is 2.59 bits per heavy atom. The first kappa shape index (κ1) is 22.0. The van der Waals surface area contributed by atoms with Gasteiger partial charge in [-0.3, -0.25) is 4.79 Å². The molecule has 2 aliphatic rings. The zero-order valence-corrected chi connectivity index (χ0v) is 17.1. The summed E-state index contributed by atoms with van der Waals surface area (Å²) in [6, 6.07) is 8.33. The smallest absolute Gasteiger partial charge is 0.223 e. The van der Waals surface area contributed by atoms with Crippen LogP contribution < -0.4 is 15.8 Å². The monoisotopic (exact) mass is 396 g/mol. The molecule has 2 fully saturated rings. The number of rotatable bonds is 7. The molecule has 0 bridgehead atoms. The van der Waals surface area contributed by atoms with E-state index in [0.717, 1.165) is 51.1 Å². The molecule has 6 heteroatoms. The molecule has 5 nitrogen and oxygen atoms in total. The van der Waals surface area contributed by atoms with Crippen molar-refractivity contribution in [2.24, 2.45) is 17.6 Å². The van der Waals surface area contributed by atoms with Gasteiger partial charge in [0.15, 0.2) is 0 Å². The van der Waals surface area contributed by atoms with Crippen molar-refractivity contribution in [1.82, 2.24) is 5.32 Å². The third-order valence-corrected chi connectivity index (χ3v) is 6.13. The molecule has 0 spiro atoms. The maximum Gasteiger partial charge on any atom is 0.223 e. The molecule has 3 rings (SSSR count). The Hall–Kier alpha value is -1.30. The van der Waals surface area contributed by atoms with Gasteiger partial charge < -0.3 is 20.5 Å². The minimum Gasteiger partial charge on any atom is -0.494 e. The van der Waals surface area contributed by atoms with Gasteiger partial charge in [0.05, 0.1) is 6.61 Å². The van der Waals surface area contributed by atoms with Gasteiger partial charge in [-0.1, -0.05) is 18.6 Å². The van der Waals surface area contributed by atoms with E-state index in [1.807, 2.05) is 19.1 Å². The van der Waals surface area contributed by atoms with E-state index in [2.05, 4.69) is 17.4 Å². The molecule has 27 heavy (non-hydrogen) atoms. The van der Waals surface area contributed by atoms with Crippen molar-refractivity contribution in [2.45, 2.75) is 44.4 Å². The summed E-state index contributed by atoms with van der Waals surface area (Å²) in [5.41, 5.74) is 7.04. The number of carbonyl (C=O) groups is 1. The van der Waals surface area contributed by atoms with Gasteiger partial charge in [-0.25, -0.2) is 0 Å². The maximum absolute atomic E-state index is 12.8. The van der Waals surface area contributed by atoms with E-state index in [-0.39, 0.29) is 29.6 Å². The molecule has 0 aromatic heterocycles. The minimum atomic E-state index is -0.0600. The minimum absolute atomic E-state index is 0. The summed E-state index contributed by atoms with van der Waals surface area (Å²) in [6.07, 6.45) is 5.00. The quantitative estimate of drug-likeness (QED) is 0.742. The summed E-state index contributed by atoms with van der Waals surface area (Å²) in [7, 11) is 0. The molecule has 1 aromatic rings. The number of amides is 1. The highest BCUT2D eigenvalue weighted by atomic mass is 35.5. The molecule has 1 saturated carbocycles. The molecule has 1 heterocycles. The maximum atomic E-state index is 12.8. The molecule has 3 N–H and O–H groups in total. The van der Waals surface area contributed by atoms with Gasteiger partial charge in [-0.05, 0) is 62.8 Å². The van der Waals surface area contributed by atoms with E-state index in [4.69, 9.17) is 15.2 Å². The molecule has 1 saturated heterocycles. The average Bonchev–Trinajstić information content (AvgIpc) is 3.17. The van der Waals surface area contributed by atoms with Crippen LogP contribution in [0.2, 0.25) is 0 Å². The summed E-state index contributed by atoms with van der Waals surface area (Å²) >= 11 is 0. The lowest BCUT2D eigenvalue weighted by atomic mass is 9.74. The van der Waals surface area contributed by atoms with Crippen molar-refractivity contribution in [3.05, 3.63) is 29.8 Å². The SMILES string of the molecule is CCOc1ccc(C2(CNC(=O)[C@@H]3CCC[C@@H]3CN)CCOCC2)cc1.Cl. The van der Waals surface area contributed by atoms with E-state index < -0.39 is 0 Å². The number of hydrogen-bond acceptors (Lipinski definition) is 4. The van der Waals surface area contributed by atoms with Crippen LogP contribution >= 0.6 is 12.4 Å². The van der Waals surface area contributed by atoms with Crippen molar-refractivity contribution in [3.8, 4) is 5.75 Å². The van der Waals surface area contributed by atoms with Crippen LogP contribution in [-0.4, -0.2) is 38.8 Å². The van der Waals surface area contributed by atoms with Crippen LogP contribution in [0.4, 0.5) is 0 Å². The fourth-order valence-corrected chi connectivity index (χ4v) is 4.45. The molecule has 1 amide bonds. The van der Waals surface area contributed by atoms with Gasteiger partial charge in [-0.15, -0.1) is 12.4 Å². The molecule has 2 atom stereocenters. The summed E-state index contributed by atoms with van der Waals surface area (Å²) in [4.78, 5) is 12.8. The largest absolute Gasteiger partial charge is 0.494 e. The predicted octanol–water partition coefficient (Wildman–Crippen LogP) is 3.05. The van der Waals surface area contributed by atoms with Crippen molar-refractivity contribution in [2.75, 3.05) is 32.9 Å². The van der Waals surface area contributed by atoms with E-state index in [1.165, 1.54) is 5.56 Å². The molecule has 152 valence electrons. The molecular formula is C21H33ClN2O3. The highest BCUT2D eigenvalue weighted by molar-refractivity contribution is 5.85. The summed E-state index contributed by atoms with van der Waals surface area (Å²) < 4.78 is 11.2. The lowest BCUT2D eigenvalue weighted by Gasteiger charge is -2.38. The van der Waals surface area contributed by atoms with E-state index in [0.29, 0.717) is 25.6 Å². The molecule has 0 unspecified atom stereocenters. The number of benzene rings is 1. The van der Waals surface area contributed by atoms with E-state index >= 15 is 0 Å². The number of ether oxygens (including phenoxy) is 2. The van der Waals surface area contributed by atoms with E-state index in [1.54, 1.807) is 0 Å². The van der Waals surface area contributed by atoms with Crippen LogP contribution in [0.5, 0.6) is 5.75 Å². The summed E-state index contributed by atoms with van der Waals surface area (Å²) in [5.74, 6) is 1.48. The zero-order chi connectivity index (χ0) is 18.4. The molecule has 1 aromatic carbocycles.